The lowest BCUT2D eigenvalue weighted by Crippen LogP contribution is -1.94. The molecule has 0 aliphatic heterocycles. The van der Waals surface area contributed by atoms with Crippen LogP contribution < -0.4 is 0 Å². The highest BCUT2D eigenvalue weighted by Crippen LogP contribution is 2.23. The Hall–Kier alpha value is -3.54. The molecule has 0 heterocycles. The van der Waals surface area contributed by atoms with E-state index in [1.807, 2.05) is 13.0 Å². The minimum Gasteiger partial charge on any atom is -0.258 e. The van der Waals surface area contributed by atoms with Crippen LogP contribution in [0.15, 0.2) is 66.7 Å². The topological polar surface area (TPSA) is 86.3 Å². The smallest absolute Gasteiger partial charge is 0.258 e. The molecule has 0 atom stereocenters. The summed E-state index contributed by atoms with van der Waals surface area (Å²) in [6.07, 6.45) is 0. The van der Waals surface area contributed by atoms with Gasteiger partial charge in [-0.1, -0.05) is 91.4 Å². The summed E-state index contributed by atoms with van der Waals surface area (Å²) in [5.74, 6) is 1.49. The molecule has 36 heavy (non-hydrogen) atoms. The first-order valence-corrected chi connectivity index (χ1v) is 11.9. The number of non-ortho nitro benzene ring substituents is 2. The van der Waals surface area contributed by atoms with Crippen molar-refractivity contribution in [1.82, 2.24) is 0 Å². The minimum atomic E-state index is -0.385. The van der Waals surface area contributed by atoms with Gasteiger partial charge >= 0.3 is 0 Å². The van der Waals surface area contributed by atoms with Gasteiger partial charge in [0, 0.05) is 24.3 Å². The number of hydrogen-bond acceptors (Lipinski definition) is 4. The predicted molar refractivity (Wildman–Crippen MR) is 151 cm³/mol. The molecule has 0 fully saturated rings. The fraction of sp³-hybridized carbons (Fsp3) is 0.400. The maximum absolute atomic E-state index is 10.4. The third-order valence-corrected chi connectivity index (χ3v) is 5.67. The Morgan fingerprint density at radius 2 is 1.03 bits per heavy atom. The van der Waals surface area contributed by atoms with Crippen molar-refractivity contribution < 1.29 is 9.85 Å². The molecule has 0 bridgehead atoms. The third-order valence-electron chi connectivity index (χ3n) is 5.67. The van der Waals surface area contributed by atoms with Crippen LogP contribution in [-0.4, -0.2) is 9.85 Å². The fourth-order valence-corrected chi connectivity index (χ4v) is 3.64. The summed E-state index contributed by atoms with van der Waals surface area (Å²) < 4.78 is 0. The molecule has 0 amide bonds. The first-order chi connectivity index (χ1) is 16.3. The Labute approximate surface area is 216 Å². The second kappa shape index (κ2) is 15.5. The van der Waals surface area contributed by atoms with Crippen LogP contribution in [0.5, 0.6) is 0 Å². The second-order valence-electron chi connectivity index (χ2n) is 9.47. The van der Waals surface area contributed by atoms with E-state index >= 15 is 0 Å². The van der Waals surface area contributed by atoms with Gasteiger partial charge in [-0.15, -0.1) is 0 Å². The van der Waals surface area contributed by atoms with Crippen LogP contribution in [0.1, 0.15) is 94.5 Å². The highest BCUT2D eigenvalue weighted by Gasteiger charge is 2.09. The van der Waals surface area contributed by atoms with Crippen LogP contribution in [-0.2, 0) is 0 Å². The molecule has 3 rings (SSSR count). The van der Waals surface area contributed by atoms with Crippen molar-refractivity contribution in [3.8, 4) is 0 Å². The minimum absolute atomic E-state index is 0. The lowest BCUT2D eigenvalue weighted by Gasteiger charge is -2.08. The van der Waals surface area contributed by atoms with Gasteiger partial charge in [-0.25, -0.2) is 0 Å². The summed E-state index contributed by atoms with van der Waals surface area (Å²) in [7, 11) is 0. The van der Waals surface area contributed by atoms with Gasteiger partial charge in [0.05, 0.1) is 9.85 Å². The number of hydrogen-bond donors (Lipinski definition) is 0. The SMILES string of the molecule is C.CC(C)c1ccc([N+](=O)[O-])cc1.Cc1cc([N+](=O)[O-])ccc1C(C)C.Cc1ccccc1C(C)C. The van der Waals surface area contributed by atoms with Crippen LogP contribution in [0.3, 0.4) is 0 Å². The van der Waals surface area contributed by atoms with Crippen LogP contribution in [0, 0.1) is 34.1 Å². The Balaban J connectivity index is 0.000000507. The van der Waals surface area contributed by atoms with Gasteiger partial charge in [-0.3, -0.25) is 20.2 Å². The van der Waals surface area contributed by atoms with Crippen molar-refractivity contribution in [2.75, 3.05) is 0 Å². The summed E-state index contributed by atoms with van der Waals surface area (Å²) in [5, 5.41) is 20.7. The van der Waals surface area contributed by atoms with Gasteiger partial charge in [0.2, 0.25) is 0 Å². The van der Waals surface area contributed by atoms with E-state index in [2.05, 4.69) is 72.7 Å². The van der Waals surface area contributed by atoms with Crippen LogP contribution >= 0.6 is 0 Å². The van der Waals surface area contributed by atoms with Crippen molar-refractivity contribution in [2.45, 2.75) is 80.6 Å². The monoisotopic (exact) mass is 494 g/mol. The van der Waals surface area contributed by atoms with E-state index in [1.165, 1.54) is 28.8 Å². The van der Waals surface area contributed by atoms with Crippen LogP contribution in [0.25, 0.3) is 0 Å². The van der Waals surface area contributed by atoms with E-state index in [4.69, 9.17) is 0 Å². The van der Waals surface area contributed by atoms with E-state index in [1.54, 1.807) is 24.3 Å². The standard InChI is InChI=1S/C10H13NO2.C10H14.C9H11NO2.CH4/c1-7(2)10-5-4-9(11(12)13)6-8(10)3;1-8(2)10-7-5-4-6-9(10)3;1-7(2)8-3-5-9(6-4-8)10(11)12;/h4-7H,1-3H3;4-8H,1-3H3;3-7H,1-2H3;1H4. The molecule has 6 heteroatoms. The fourth-order valence-electron chi connectivity index (χ4n) is 3.64. The Kier molecular flexibility index (Phi) is 13.9. The number of benzene rings is 3. The number of aryl methyl sites for hydroxylation is 2. The lowest BCUT2D eigenvalue weighted by atomic mass is 9.98. The number of nitro benzene ring substituents is 2. The first kappa shape index (κ1) is 32.5. The Bertz CT molecular complexity index is 1100. The van der Waals surface area contributed by atoms with Gasteiger partial charge in [0.15, 0.2) is 0 Å². The van der Waals surface area contributed by atoms with E-state index in [0.717, 1.165) is 11.1 Å². The van der Waals surface area contributed by atoms with Crippen molar-refractivity contribution in [3.63, 3.8) is 0 Å². The molecular weight excluding hydrogens is 452 g/mol. The van der Waals surface area contributed by atoms with Gasteiger partial charge < -0.3 is 0 Å². The van der Waals surface area contributed by atoms with E-state index in [9.17, 15) is 20.2 Å². The molecule has 0 N–H and O–H groups in total. The summed E-state index contributed by atoms with van der Waals surface area (Å²) in [6, 6.07) is 20.2. The molecule has 0 saturated heterocycles. The zero-order valence-electron chi connectivity index (χ0n) is 22.1. The van der Waals surface area contributed by atoms with E-state index in [0.29, 0.717) is 17.8 Å². The van der Waals surface area contributed by atoms with Crippen LogP contribution in [0.4, 0.5) is 11.4 Å². The molecule has 0 aliphatic carbocycles. The summed E-state index contributed by atoms with van der Waals surface area (Å²) in [4.78, 5) is 20.0. The van der Waals surface area contributed by atoms with Crippen molar-refractivity contribution in [2.24, 2.45) is 0 Å². The van der Waals surface area contributed by atoms with Crippen LogP contribution in [0.2, 0.25) is 0 Å². The van der Waals surface area contributed by atoms with E-state index in [-0.39, 0.29) is 28.6 Å². The summed E-state index contributed by atoms with van der Waals surface area (Å²) in [5.41, 5.74) is 6.47. The largest absolute Gasteiger partial charge is 0.269 e. The Morgan fingerprint density at radius 3 is 1.39 bits per heavy atom. The van der Waals surface area contributed by atoms with Gasteiger partial charge in [0.1, 0.15) is 0 Å². The molecule has 3 aromatic rings. The lowest BCUT2D eigenvalue weighted by molar-refractivity contribution is -0.385. The molecule has 0 aliphatic rings. The molecule has 3 aromatic carbocycles. The first-order valence-electron chi connectivity index (χ1n) is 11.9. The van der Waals surface area contributed by atoms with Gasteiger partial charge in [-0.2, -0.15) is 0 Å². The third kappa shape index (κ3) is 10.4. The highest BCUT2D eigenvalue weighted by molar-refractivity contribution is 5.40. The van der Waals surface area contributed by atoms with Crippen molar-refractivity contribution >= 4 is 11.4 Å². The molecule has 0 radical (unpaired) electrons. The average Bonchev–Trinajstić information content (AvgIpc) is 2.79. The van der Waals surface area contributed by atoms with Crippen molar-refractivity contribution in [3.05, 3.63) is 115 Å². The zero-order valence-corrected chi connectivity index (χ0v) is 22.1. The van der Waals surface area contributed by atoms with E-state index < -0.39 is 0 Å². The number of nitrogens with zero attached hydrogens (tertiary/aromatic N) is 2. The van der Waals surface area contributed by atoms with Gasteiger partial charge in [-0.05, 0) is 59.4 Å². The summed E-state index contributed by atoms with van der Waals surface area (Å²) >= 11 is 0. The molecule has 0 aromatic heterocycles. The normalized spacial score (nSPS) is 10.1. The summed E-state index contributed by atoms with van der Waals surface area (Å²) in [6.45, 7) is 16.8. The highest BCUT2D eigenvalue weighted by atomic mass is 16.6. The van der Waals surface area contributed by atoms with Gasteiger partial charge in [0.25, 0.3) is 11.4 Å². The molecular formula is C30H42N2O4. The molecule has 196 valence electrons. The predicted octanol–water partition coefficient (Wildman–Crippen LogP) is 9.50. The maximum atomic E-state index is 10.4. The average molecular weight is 495 g/mol. The maximum Gasteiger partial charge on any atom is 0.269 e. The van der Waals surface area contributed by atoms with Crippen molar-refractivity contribution in [1.29, 1.82) is 0 Å². The Morgan fingerprint density at radius 1 is 0.583 bits per heavy atom. The number of nitro groups is 2. The molecule has 0 spiro atoms. The zero-order chi connectivity index (χ0) is 26.7. The second-order valence-corrected chi connectivity index (χ2v) is 9.47. The molecule has 6 nitrogen and oxygen atoms in total. The quantitative estimate of drug-likeness (QED) is 0.261. The molecule has 0 saturated carbocycles. The number of rotatable bonds is 5. The molecule has 0 unspecified atom stereocenters.